The lowest BCUT2D eigenvalue weighted by atomic mass is 9.93. The molecule has 2 rings (SSSR count). The number of primary sulfonamides is 1. The van der Waals surface area contributed by atoms with Gasteiger partial charge in [0.05, 0.1) is 24.7 Å². The molecular formula is C14H27IN6O2S. The number of nitrogens with zero attached hydrogens (tertiary/aromatic N) is 4. The van der Waals surface area contributed by atoms with Crippen LogP contribution < -0.4 is 10.5 Å². The van der Waals surface area contributed by atoms with E-state index in [1.54, 1.807) is 6.20 Å². The number of guanidine groups is 1. The molecule has 0 aliphatic carbocycles. The number of aromatic nitrogens is 2. The van der Waals surface area contributed by atoms with Crippen LogP contribution in [-0.2, 0) is 10.0 Å². The number of sulfonamides is 1. The van der Waals surface area contributed by atoms with Crippen molar-refractivity contribution in [2.75, 3.05) is 31.9 Å². The Kier molecular flexibility index (Phi) is 8.43. The van der Waals surface area contributed by atoms with Crippen molar-refractivity contribution in [3.8, 4) is 0 Å². The molecule has 1 aliphatic heterocycles. The fourth-order valence-electron chi connectivity index (χ4n) is 2.80. The summed E-state index contributed by atoms with van der Waals surface area (Å²) in [5.41, 5.74) is 0. The van der Waals surface area contributed by atoms with Crippen molar-refractivity contribution < 1.29 is 8.42 Å². The molecule has 10 heteroatoms. The second-order valence-corrected chi connectivity index (χ2v) is 7.63. The average molecular weight is 470 g/mol. The zero-order valence-corrected chi connectivity index (χ0v) is 17.3. The van der Waals surface area contributed by atoms with Crippen LogP contribution in [-0.4, -0.2) is 60.8 Å². The standard InChI is InChI=1S/C14H26N6O2S.HI/c1-3-17-14(18-6-9-23(15,21)22)19-7-4-12(2)13(10-19)20-8-5-16-11-20;/h5,8,11-13H,3-4,6-7,9-10H2,1-2H3,(H,17,18)(H2,15,21,22);1H. The van der Waals surface area contributed by atoms with Crippen LogP contribution in [0.25, 0.3) is 0 Å². The SMILES string of the molecule is CCNC(=NCCS(N)(=O)=O)N1CCC(C)C(n2ccnc2)C1.I. The third kappa shape index (κ3) is 6.20. The zero-order valence-electron chi connectivity index (χ0n) is 14.1. The zero-order chi connectivity index (χ0) is 16.9. The first kappa shape index (κ1) is 21.2. The van der Waals surface area contributed by atoms with Gasteiger partial charge in [-0.05, 0) is 19.3 Å². The summed E-state index contributed by atoms with van der Waals surface area (Å²) >= 11 is 0. The Morgan fingerprint density at radius 3 is 2.83 bits per heavy atom. The lowest BCUT2D eigenvalue weighted by Crippen LogP contribution is -2.49. The third-order valence-corrected chi connectivity index (χ3v) is 4.85. The fourth-order valence-corrected chi connectivity index (χ4v) is 3.15. The first-order valence-corrected chi connectivity index (χ1v) is 9.63. The van der Waals surface area contributed by atoms with Crippen LogP contribution >= 0.6 is 24.0 Å². The van der Waals surface area contributed by atoms with Crippen LogP contribution in [0.15, 0.2) is 23.7 Å². The average Bonchev–Trinajstić information content (AvgIpc) is 3.00. The van der Waals surface area contributed by atoms with E-state index in [1.165, 1.54) is 0 Å². The van der Waals surface area contributed by atoms with Gasteiger partial charge in [0.25, 0.3) is 0 Å². The summed E-state index contributed by atoms with van der Waals surface area (Å²) in [5.74, 6) is 1.15. The third-order valence-electron chi connectivity index (χ3n) is 4.10. The molecule has 8 nitrogen and oxygen atoms in total. The number of likely N-dealkylation sites (tertiary alicyclic amines) is 1. The van der Waals surface area contributed by atoms with Crippen LogP contribution in [0.5, 0.6) is 0 Å². The summed E-state index contributed by atoms with van der Waals surface area (Å²) in [5, 5.41) is 8.27. The number of nitrogens with one attached hydrogen (secondary N) is 1. The van der Waals surface area contributed by atoms with Gasteiger partial charge in [-0.15, -0.1) is 24.0 Å². The Bertz CT molecular complexity index is 619. The minimum atomic E-state index is -3.49. The number of rotatable bonds is 5. The van der Waals surface area contributed by atoms with Crippen LogP contribution in [0.3, 0.4) is 0 Å². The molecule has 24 heavy (non-hydrogen) atoms. The van der Waals surface area contributed by atoms with Gasteiger partial charge in [-0.1, -0.05) is 6.92 Å². The van der Waals surface area contributed by atoms with E-state index in [9.17, 15) is 8.42 Å². The van der Waals surface area contributed by atoms with Gasteiger partial charge in [-0.2, -0.15) is 0 Å². The predicted octanol–water partition coefficient (Wildman–Crippen LogP) is 0.638. The van der Waals surface area contributed by atoms with Gasteiger partial charge in [0.15, 0.2) is 5.96 Å². The number of hydrogen-bond acceptors (Lipinski definition) is 4. The Morgan fingerprint density at radius 1 is 1.50 bits per heavy atom. The minimum Gasteiger partial charge on any atom is -0.357 e. The molecule has 3 N–H and O–H groups in total. The normalized spacial score (nSPS) is 22.1. The maximum absolute atomic E-state index is 11.1. The summed E-state index contributed by atoms with van der Waals surface area (Å²) in [7, 11) is -3.49. The highest BCUT2D eigenvalue weighted by atomic mass is 127. The molecule has 1 saturated heterocycles. The number of aliphatic imine (C=N–C) groups is 1. The van der Waals surface area contributed by atoms with Gasteiger partial charge in [0.1, 0.15) is 0 Å². The molecule has 1 fully saturated rings. The van der Waals surface area contributed by atoms with Crippen molar-refractivity contribution in [2.45, 2.75) is 26.3 Å². The molecule has 0 saturated carbocycles. The van der Waals surface area contributed by atoms with Crippen LogP contribution in [0.1, 0.15) is 26.3 Å². The molecule has 2 unspecified atom stereocenters. The van der Waals surface area contributed by atoms with Crippen molar-refractivity contribution in [3.63, 3.8) is 0 Å². The highest BCUT2D eigenvalue weighted by Crippen LogP contribution is 2.27. The highest BCUT2D eigenvalue weighted by molar-refractivity contribution is 14.0. The first-order valence-electron chi connectivity index (χ1n) is 7.92. The van der Waals surface area contributed by atoms with E-state index in [1.807, 2.05) is 19.4 Å². The molecule has 0 bridgehead atoms. The van der Waals surface area contributed by atoms with Crippen molar-refractivity contribution in [2.24, 2.45) is 16.0 Å². The highest BCUT2D eigenvalue weighted by Gasteiger charge is 2.28. The fraction of sp³-hybridized carbons (Fsp3) is 0.714. The summed E-state index contributed by atoms with van der Waals surface area (Å²) in [6, 6.07) is 0.327. The monoisotopic (exact) mass is 470 g/mol. The summed E-state index contributed by atoms with van der Waals surface area (Å²) in [6.07, 6.45) is 6.66. The molecule has 0 spiro atoms. The number of piperidine rings is 1. The van der Waals surface area contributed by atoms with Gasteiger partial charge in [0, 0.05) is 32.0 Å². The molecule has 2 atom stereocenters. The van der Waals surface area contributed by atoms with Crippen molar-refractivity contribution in [1.82, 2.24) is 19.8 Å². The maximum Gasteiger partial charge on any atom is 0.210 e. The number of halogens is 1. The van der Waals surface area contributed by atoms with Crippen LogP contribution in [0, 0.1) is 5.92 Å². The van der Waals surface area contributed by atoms with Crippen molar-refractivity contribution in [1.29, 1.82) is 0 Å². The van der Waals surface area contributed by atoms with E-state index >= 15 is 0 Å². The first-order chi connectivity index (χ1) is 10.9. The van der Waals surface area contributed by atoms with Gasteiger partial charge >= 0.3 is 0 Å². The van der Waals surface area contributed by atoms with Crippen molar-refractivity contribution in [3.05, 3.63) is 18.7 Å². The quantitative estimate of drug-likeness (QED) is 0.373. The molecule has 1 aromatic rings. The van der Waals surface area contributed by atoms with E-state index < -0.39 is 10.0 Å². The summed E-state index contributed by atoms with van der Waals surface area (Å²) in [4.78, 5) is 10.7. The number of imidazole rings is 1. The molecule has 0 amide bonds. The Balaban J connectivity index is 0.00000288. The molecule has 2 heterocycles. The summed E-state index contributed by atoms with van der Waals surface area (Å²) < 4.78 is 24.3. The molecule has 138 valence electrons. The Morgan fingerprint density at radius 2 is 2.25 bits per heavy atom. The predicted molar refractivity (Wildman–Crippen MR) is 106 cm³/mol. The molecule has 1 aliphatic rings. The topological polar surface area (TPSA) is 106 Å². The lowest BCUT2D eigenvalue weighted by Gasteiger charge is -2.39. The molecule has 0 aromatic carbocycles. The van der Waals surface area contributed by atoms with E-state index in [2.05, 4.69) is 31.7 Å². The van der Waals surface area contributed by atoms with Gasteiger partial charge < -0.3 is 14.8 Å². The summed E-state index contributed by atoms with van der Waals surface area (Å²) in [6.45, 7) is 6.85. The molecule has 0 radical (unpaired) electrons. The van der Waals surface area contributed by atoms with E-state index in [0.717, 1.165) is 32.0 Å². The lowest BCUT2D eigenvalue weighted by molar-refractivity contribution is 0.189. The minimum absolute atomic E-state index is 0. The second kappa shape index (κ2) is 9.56. The molecule has 1 aromatic heterocycles. The largest absolute Gasteiger partial charge is 0.357 e. The van der Waals surface area contributed by atoms with Gasteiger partial charge in [0.2, 0.25) is 10.0 Å². The van der Waals surface area contributed by atoms with Gasteiger partial charge in [-0.3, -0.25) is 4.99 Å². The second-order valence-electron chi connectivity index (χ2n) is 5.89. The van der Waals surface area contributed by atoms with Gasteiger partial charge in [-0.25, -0.2) is 18.5 Å². The van der Waals surface area contributed by atoms with Crippen LogP contribution in [0.4, 0.5) is 0 Å². The van der Waals surface area contributed by atoms with Crippen LogP contribution in [0.2, 0.25) is 0 Å². The number of hydrogen-bond donors (Lipinski definition) is 2. The number of nitrogens with two attached hydrogens (primary N) is 1. The van der Waals surface area contributed by atoms with E-state index in [0.29, 0.717) is 12.0 Å². The van der Waals surface area contributed by atoms with E-state index in [4.69, 9.17) is 5.14 Å². The molecular weight excluding hydrogens is 443 g/mol. The smallest absolute Gasteiger partial charge is 0.210 e. The maximum atomic E-state index is 11.1. The Hall–Kier alpha value is -0.880. The van der Waals surface area contributed by atoms with Crippen molar-refractivity contribution >= 4 is 40.0 Å². The Labute approximate surface area is 161 Å². The van der Waals surface area contributed by atoms with E-state index in [-0.39, 0.29) is 36.3 Å².